The lowest BCUT2D eigenvalue weighted by molar-refractivity contribution is -0.171. The Labute approximate surface area is 141 Å². The van der Waals surface area contributed by atoms with Gasteiger partial charge in [-0.3, -0.25) is 4.79 Å². The Kier molecular flexibility index (Phi) is 5.95. The number of ether oxygens (including phenoxy) is 3. The van der Waals surface area contributed by atoms with Crippen LogP contribution >= 0.6 is 9.47 Å². The van der Waals surface area contributed by atoms with Crippen LogP contribution < -0.4 is 0 Å². The molecular weight excluding hydrogens is 315 g/mol. The van der Waals surface area contributed by atoms with Gasteiger partial charge in [0.2, 0.25) is 0 Å². The summed E-state index contributed by atoms with van der Waals surface area (Å²) in [5, 5.41) is 0. The van der Waals surface area contributed by atoms with Gasteiger partial charge >= 0.3 is 5.97 Å². The molecule has 1 saturated carbocycles. The van der Waals surface area contributed by atoms with Gasteiger partial charge < -0.3 is 18.7 Å². The Morgan fingerprint density at radius 2 is 2.04 bits per heavy atom. The van der Waals surface area contributed by atoms with Crippen LogP contribution in [0.15, 0.2) is 0 Å². The van der Waals surface area contributed by atoms with Crippen LogP contribution in [0.2, 0.25) is 0 Å². The second-order valence-corrected chi connectivity index (χ2v) is 7.35. The molecule has 0 bridgehead atoms. The number of carbonyl (C=O) groups excluding carboxylic acids is 1. The van der Waals surface area contributed by atoms with Crippen LogP contribution in [0.25, 0.3) is 0 Å². The van der Waals surface area contributed by atoms with E-state index in [0.717, 1.165) is 32.1 Å². The quantitative estimate of drug-likeness (QED) is 0.384. The summed E-state index contributed by atoms with van der Waals surface area (Å²) in [6.45, 7) is 3.58. The molecule has 5 nitrogen and oxygen atoms in total. The zero-order valence-corrected chi connectivity index (χ0v) is 15.2. The van der Waals surface area contributed by atoms with Crippen LogP contribution in [0.5, 0.6) is 0 Å². The zero-order chi connectivity index (χ0) is 16.3. The normalized spacial score (nSPS) is 35.5. The Bertz CT molecular complexity index is 410. The maximum Gasteiger partial charge on any atom is 0.306 e. The van der Waals surface area contributed by atoms with E-state index >= 15 is 0 Å². The molecule has 2 heterocycles. The molecule has 0 N–H and O–H groups in total. The summed E-state index contributed by atoms with van der Waals surface area (Å²) in [5.41, 5.74) is 0. The average molecular weight is 344 g/mol. The minimum absolute atomic E-state index is 0.0412. The highest BCUT2D eigenvalue weighted by Gasteiger charge is 2.51. The van der Waals surface area contributed by atoms with E-state index < -0.39 is 5.79 Å². The topological polar surface area (TPSA) is 54.0 Å². The number of hydrogen-bond acceptors (Lipinski definition) is 5. The zero-order valence-electron chi connectivity index (χ0n) is 14.0. The molecule has 3 rings (SSSR count). The van der Waals surface area contributed by atoms with Crippen LogP contribution in [0.4, 0.5) is 0 Å². The van der Waals surface area contributed by atoms with Gasteiger partial charge in [0.1, 0.15) is 6.10 Å². The second kappa shape index (κ2) is 7.77. The first-order valence-electron chi connectivity index (χ1n) is 9.00. The van der Waals surface area contributed by atoms with Crippen LogP contribution in [-0.2, 0) is 23.5 Å². The molecule has 0 aromatic rings. The van der Waals surface area contributed by atoms with Gasteiger partial charge in [-0.25, -0.2) is 0 Å². The number of hydrogen-bond donors (Lipinski definition) is 0. The van der Waals surface area contributed by atoms with Crippen molar-refractivity contribution in [2.24, 2.45) is 11.8 Å². The van der Waals surface area contributed by atoms with Crippen LogP contribution in [0, 0.1) is 11.8 Å². The highest BCUT2D eigenvalue weighted by molar-refractivity contribution is 7.09. The molecule has 132 valence electrons. The lowest BCUT2D eigenvalue weighted by Gasteiger charge is -2.30. The van der Waals surface area contributed by atoms with Gasteiger partial charge in [-0.15, -0.1) is 0 Å². The molecule has 0 radical (unpaired) electrons. The lowest BCUT2D eigenvalue weighted by atomic mass is 9.86. The molecule has 0 aromatic carbocycles. The van der Waals surface area contributed by atoms with E-state index in [1.165, 1.54) is 12.8 Å². The fraction of sp³-hybridized carbons (Fsp3) is 0.941. The second-order valence-electron chi connectivity index (χ2n) is 7.07. The highest BCUT2D eigenvalue weighted by atomic mass is 31.0. The van der Waals surface area contributed by atoms with Crippen molar-refractivity contribution >= 4 is 15.4 Å². The maximum absolute atomic E-state index is 11.6. The summed E-state index contributed by atoms with van der Waals surface area (Å²) < 4.78 is 23.0. The number of fused-ring (bicyclic) bond motifs is 1. The highest BCUT2D eigenvalue weighted by Crippen LogP contribution is 2.46. The molecule has 1 aliphatic carbocycles. The Balaban J connectivity index is 1.59. The minimum atomic E-state index is -0.415. The molecule has 6 heteroatoms. The monoisotopic (exact) mass is 344 g/mol. The summed E-state index contributed by atoms with van der Waals surface area (Å²) in [5.74, 6) is 0.169. The molecule has 0 aromatic heterocycles. The van der Waals surface area contributed by atoms with Gasteiger partial charge in [0, 0.05) is 34.6 Å². The molecule has 0 amide bonds. The first-order valence-corrected chi connectivity index (χ1v) is 9.47. The Morgan fingerprint density at radius 1 is 1.26 bits per heavy atom. The van der Waals surface area contributed by atoms with E-state index in [9.17, 15) is 4.79 Å². The molecule has 3 fully saturated rings. The Morgan fingerprint density at radius 3 is 2.74 bits per heavy atom. The van der Waals surface area contributed by atoms with Crippen molar-refractivity contribution in [1.29, 1.82) is 0 Å². The van der Waals surface area contributed by atoms with Crippen molar-refractivity contribution in [2.75, 3.05) is 13.2 Å². The van der Waals surface area contributed by atoms with Gasteiger partial charge in [-0.2, -0.15) is 0 Å². The fourth-order valence-corrected chi connectivity index (χ4v) is 4.77. The van der Waals surface area contributed by atoms with E-state index in [4.69, 9.17) is 18.7 Å². The molecule has 4 unspecified atom stereocenters. The van der Waals surface area contributed by atoms with Crippen LogP contribution in [0.1, 0.15) is 58.3 Å². The summed E-state index contributed by atoms with van der Waals surface area (Å²) in [7, 11) is 2.38. The number of esters is 1. The molecule has 5 atom stereocenters. The molecular formula is C17H29O5P. The standard InChI is InChI=1S/C17H29O5P/c1-2-3-4-6-17(19-8-9-20-17)7-5-12-13-10-16(18)21-14(13)11-15(12)22-23/h12-15H,2-11,23H2,1H3/t12-,13?,14?,15?/m1/s1. The molecule has 2 aliphatic heterocycles. The smallest absolute Gasteiger partial charge is 0.306 e. The predicted octanol–water partition coefficient (Wildman–Crippen LogP) is 3.22. The van der Waals surface area contributed by atoms with E-state index in [-0.39, 0.29) is 18.2 Å². The summed E-state index contributed by atoms with van der Waals surface area (Å²) in [4.78, 5) is 11.6. The number of unbranched alkanes of at least 4 members (excludes halogenated alkanes) is 2. The summed E-state index contributed by atoms with van der Waals surface area (Å²) in [6.07, 6.45) is 7.89. The van der Waals surface area contributed by atoms with Crippen molar-refractivity contribution in [1.82, 2.24) is 0 Å². The van der Waals surface area contributed by atoms with Gasteiger partial charge in [0.15, 0.2) is 5.79 Å². The van der Waals surface area contributed by atoms with Crippen LogP contribution in [0.3, 0.4) is 0 Å². The third-order valence-electron chi connectivity index (χ3n) is 5.66. The summed E-state index contributed by atoms with van der Waals surface area (Å²) >= 11 is 0. The van der Waals surface area contributed by atoms with Gasteiger partial charge in [-0.05, 0) is 18.8 Å². The van der Waals surface area contributed by atoms with E-state index in [0.29, 0.717) is 31.5 Å². The maximum atomic E-state index is 11.6. The number of rotatable bonds is 8. The van der Waals surface area contributed by atoms with Gasteiger partial charge in [-0.1, -0.05) is 19.8 Å². The van der Waals surface area contributed by atoms with Gasteiger partial charge in [0.25, 0.3) is 0 Å². The van der Waals surface area contributed by atoms with Crippen molar-refractivity contribution in [3.63, 3.8) is 0 Å². The average Bonchev–Trinajstić information content (AvgIpc) is 3.20. The van der Waals surface area contributed by atoms with E-state index in [1.807, 2.05) is 0 Å². The number of carbonyl (C=O) groups is 1. The first kappa shape index (κ1) is 17.6. The lowest BCUT2D eigenvalue weighted by Crippen LogP contribution is -2.32. The van der Waals surface area contributed by atoms with Gasteiger partial charge in [0.05, 0.1) is 25.7 Å². The first-order chi connectivity index (χ1) is 11.2. The molecule has 3 aliphatic rings. The molecule has 0 spiro atoms. The predicted molar refractivity (Wildman–Crippen MR) is 88.7 cm³/mol. The van der Waals surface area contributed by atoms with E-state index in [1.54, 1.807) is 0 Å². The SMILES string of the molecule is CCCCCC1(CC[C@H]2C(OP)CC3OC(=O)CC32)OCCO1. The van der Waals surface area contributed by atoms with Crippen molar-refractivity contribution in [2.45, 2.75) is 76.3 Å². The Hall–Kier alpha value is -0.220. The van der Waals surface area contributed by atoms with Crippen LogP contribution in [-0.4, -0.2) is 37.2 Å². The van der Waals surface area contributed by atoms with Crippen molar-refractivity contribution in [3.8, 4) is 0 Å². The largest absolute Gasteiger partial charge is 0.462 e. The van der Waals surface area contributed by atoms with E-state index in [2.05, 4.69) is 16.4 Å². The fourth-order valence-electron chi connectivity index (χ4n) is 4.46. The third kappa shape index (κ3) is 3.89. The minimum Gasteiger partial charge on any atom is -0.462 e. The summed E-state index contributed by atoms with van der Waals surface area (Å²) in [6, 6.07) is 0. The third-order valence-corrected chi connectivity index (χ3v) is 6.01. The van der Waals surface area contributed by atoms with Crippen molar-refractivity contribution in [3.05, 3.63) is 0 Å². The molecule has 2 saturated heterocycles. The van der Waals surface area contributed by atoms with Crippen molar-refractivity contribution < 1.29 is 23.5 Å². The molecule has 23 heavy (non-hydrogen) atoms.